The number of rotatable bonds is 3. The molecule has 1 N–H and O–H groups in total. The van der Waals surface area contributed by atoms with Crippen LogP contribution in [0.2, 0.25) is 0 Å². The van der Waals surface area contributed by atoms with Gasteiger partial charge in [0.15, 0.2) is 0 Å². The third kappa shape index (κ3) is 3.05. The largest absolute Gasteiger partial charge is 0.284 e. The zero-order valence-electron chi connectivity index (χ0n) is 8.96. The molecule has 0 aliphatic rings. The molecule has 2 nitrogen and oxygen atoms in total. The Kier molecular flexibility index (Phi) is 3.46. The second kappa shape index (κ2) is 4.61. The van der Waals surface area contributed by atoms with E-state index < -0.39 is 0 Å². The van der Waals surface area contributed by atoms with Gasteiger partial charge in [0.05, 0.1) is 6.21 Å². The fraction of sp³-hybridized carbons (Fsp3) is 0.250. The number of hydrogen-bond donors (Lipinski definition) is 1. The van der Waals surface area contributed by atoms with Gasteiger partial charge in [0.1, 0.15) is 0 Å². The van der Waals surface area contributed by atoms with Crippen LogP contribution in [0.5, 0.6) is 0 Å². The third-order valence-electron chi connectivity index (χ3n) is 2.00. The highest BCUT2D eigenvalue weighted by molar-refractivity contribution is 5.79. The van der Waals surface area contributed by atoms with E-state index in [2.05, 4.69) is 43.1 Å². The standard InChI is InChI=1S/C12H16N2/c1-9(2)14-13-8-12-6-5-10(3)11(4)7-12/h5-8,14H,1H2,2-4H3/b13-8+. The predicted molar refractivity (Wildman–Crippen MR) is 61.5 cm³/mol. The highest BCUT2D eigenvalue weighted by Gasteiger charge is 1.92. The Balaban J connectivity index is 2.73. The van der Waals surface area contributed by atoms with Crippen LogP contribution in [0, 0.1) is 13.8 Å². The fourth-order valence-electron chi connectivity index (χ4n) is 1.06. The molecule has 0 unspecified atom stereocenters. The molecule has 0 atom stereocenters. The van der Waals surface area contributed by atoms with E-state index in [1.165, 1.54) is 11.1 Å². The lowest BCUT2D eigenvalue weighted by molar-refractivity contribution is 0.899. The maximum absolute atomic E-state index is 4.04. The maximum atomic E-state index is 4.04. The average Bonchev–Trinajstić information content (AvgIpc) is 2.10. The summed E-state index contributed by atoms with van der Waals surface area (Å²) in [6.07, 6.45) is 1.79. The van der Waals surface area contributed by atoms with Gasteiger partial charge in [-0.15, -0.1) is 0 Å². The zero-order chi connectivity index (χ0) is 10.6. The van der Waals surface area contributed by atoms with Crippen LogP contribution in [0.1, 0.15) is 23.6 Å². The first kappa shape index (κ1) is 10.5. The second-order valence-corrected chi connectivity index (χ2v) is 3.49. The number of hydrogen-bond acceptors (Lipinski definition) is 2. The lowest BCUT2D eigenvalue weighted by Gasteiger charge is -2.00. The number of nitrogens with zero attached hydrogens (tertiary/aromatic N) is 1. The van der Waals surface area contributed by atoms with Crippen LogP contribution in [0.3, 0.4) is 0 Å². The molecule has 0 saturated carbocycles. The van der Waals surface area contributed by atoms with Gasteiger partial charge in [-0.1, -0.05) is 24.8 Å². The van der Waals surface area contributed by atoms with Crippen molar-refractivity contribution in [1.82, 2.24) is 5.43 Å². The van der Waals surface area contributed by atoms with Crippen molar-refractivity contribution in [3.05, 3.63) is 47.2 Å². The van der Waals surface area contributed by atoms with Crippen LogP contribution in [0.4, 0.5) is 0 Å². The van der Waals surface area contributed by atoms with Gasteiger partial charge in [-0.2, -0.15) is 5.10 Å². The van der Waals surface area contributed by atoms with Crippen LogP contribution in [-0.4, -0.2) is 6.21 Å². The third-order valence-corrected chi connectivity index (χ3v) is 2.00. The van der Waals surface area contributed by atoms with Crippen LogP contribution in [0.15, 0.2) is 35.6 Å². The molecule has 1 rings (SSSR count). The first-order valence-electron chi connectivity index (χ1n) is 4.61. The average molecular weight is 188 g/mol. The molecule has 0 aliphatic heterocycles. The summed E-state index contributed by atoms with van der Waals surface area (Å²) in [5.41, 5.74) is 7.32. The van der Waals surface area contributed by atoms with Crippen LogP contribution in [0.25, 0.3) is 0 Å². The molecule has 0 bridgehead atoms. The molecule has 2 heteroatoms. The Labute approximate surface area is 85.3 Å². The molecule has 0 amide bonds. The van der Waals surface area contributed by atoms with E-state index in [9.17, 15) is 0 Å². The van der Waals surface area contributed by atoms with E-state index in [1.807, 2.05) is 13.0 Å². The minimum absolute atomic E-state index is 0.838. The summed E-state index contributed by atoms with van der Waals surface area (Å²) in [6.45, 7) is 9.76. The molecular formula is C12H16N2. The fourth-order valence-corrected chi connectivity index (χ4v) is 1.06. The highest BCUT2D eigenvalue weighted by Crippen LogP contribution is 2.07. The Morgan fingerprint density at radius 3 is 2.64 bits per heavy atom. The van der Waals surface area contributed by atoms with Crippen molar-refractivity contribution in [2.45, 2.75) is 20.8 Å². The van der Waals surface area contributed by atoms with E-state index in [0.29, 0.717) is 0 Å². The molecule has 1 aromatic carbocycles. The topological polar surface area (TPSA) is 24.4 Å². The number of hydrazone groups is 1. The summed E-state index contributed by atoms with van der Waals surface area (Å²) in [5.74, 6) is 0. The van der Waals surface area contributed by atoms with E-state index >= 15 is 0 Å². The Morgan fingerprint density at radius 1 is 1.36 bits per heavy atom. The number of aryl methyl sites for hydroxylation is 2. The maximum Gasteiger partial charge on any atom is 0.0544 e. The van der Waals surface area contributed by atoms with Crippen molar-refractivity contribution in [2.24, 2.45) is 5.10 Å². The van der Waals surface area contributed by atoms with E-state index in [0.717, 1.165) is 11.3 Å². The zero-order valence-corrected chi connectivity index (χ0v) is 8.96. The minimum Gasteiger partial charge on any atom is -0.284 e. The first-order chi connectivity index (χ1) is 6.59. The van der Waals surface area contributed by atoms with Crippen molar-refractivity contribution in [2.75, 3.05) is 0 Å². The van der Waals surface area contributed by atoms with Crippen molar-refractivity contribution in [1.29, 1.82) is 0 Å². The quantitative estimate of drug-likeness (QED) is 0.572. The van der Waals surface area contributed by atoms with Crippen molar-refractivity contribution in [3.8, 4) is 0 Å². The highest BCUT2D eigenvalue weighted by atomic mass is 15.3. The summed E-state index contributed by atoms with van der Waals surface area (Å²) in [5, 5.41) is 4.04. The normalized spacial score (nSPS) is 10.5. The van der Waals surface area contributed by atoms with Gasteiger partial charge in [0, 0.05) is 5.70 Å². The molecule has 0 radical (unpaired) electrons. The molecule has 0 fully saturated rings. The second-order valence-electron chi connectivity index (χ2n) is 3.49. The van der Waals surface area contributed by atoms with E-state index in [-0.39, 0.29) is 0 Å². The molecule has 0 aromatic heterocycles. The Bertz CT molecular complexity index is 365. The van der Waals surface area contributed by atoms with Gasteiger partial charge < -0.3 is 0 Å². The number of allylic oxidation sites excluding steroid dienone is 1. The lowest BCUT2D eigenvalue weighted by atomic mass is 10.1. The molecule has 0 heterocycles. The van der Waals surface area contributed by atoms with Gasteiger partial charge >= 0.3 is 0 Å². The SMILES string of the molecule is C=C(C)N/N=C/c1ccc(C)c(C)c1. The van der Waals surface area contributed by atoms with Crippen molar-refractivity contribution >= 4 is 6.21 Å². The Morgan fingerprint density at radius 2 is 2.07 bits per heavy atom. The monoisotopic (exact) mass is 188 g/mol. The smallest absolute Gasteiger partial charge is 0.0544 e. The summed E-state index contributed by atoms with van der Waals surface area (Å²) in [6, 6.07) is 6.25. The first-order valence-corrected chi connectivity index (χ1v) is 4.61. The van der Waals surface area contributed by atoms with Crippen LogP contribution < -0.4 is 5.43 Å². The van der Waals surface area contributed by atoms with Gasteiger partial charge in [-0.3, -0.25) is 5.43 Å². The molecule has 1 aromatic rings. The summed E-state index contributed by atoms with van der Waals surface area (Å²) >= 11 is 0. The summed E-state index contributed by atoms with van der Waals surface area (Å²) in [4.78, 5) is 0. The summed E-state index contributed by atoms with van der Waals surface area (Å²) < 4.78 is 0. The minimum atomic E-state index is 0.838. The van der Waals surface area contributed by atoms with Crippen molar-refractivity contribution < 1.29 is 0 Å². The number of nitrogens with one attached hydrogen (secondary N) is 1. The van der Waals surface area contributed by atoms with Gasteiger partial charge in [0.2, 0.25) is 0 Å². The van der Waals surface area contributed by atoms with E-state index in [4.69, 9.17) is 0 Å². The molecule has 14 heavy (non-hydrogen) atoms. The molecule has 0 aliphatic carbocycles. The molecule has 0 saturated heterocycles. The lowest BCUT2D eigenvalue weighted by Crippen LogP contribution is -2.00. The molecule has 0 spiro atoms. The predicted octanol–water partition coefficient (Wildman–Crippen LogP) is 2.76. The van der Waals surface area contributed by atoms with Crippen LogP contribution in [-0.2, 0) is 0 Å². The van der Waals surface area contributed by atoms with Gasteiger partial charge in [-0.25, -0.2) is 0 Å². The molecule has 74 valence electrons. The van der Waals surface area contributed by atoms with E-state index in [1.54, 1.807) is 6.21 Å². The van der Waals surface area contributed by atoms with Gasteiger partial charge in [-0.05, 0) is 37.5 Å². The Hall–Kier alpha value is -1.57. The van der Waals surface area contributed by atoms with Crippen molar-refractivity contribution in [3.63, 3.8) is 0 Å². The van der Waals surface area contributed by atoms with Gasteiger partial charge in [0.25, 0.3) is 0 Å². The van der Waals surface area contributed by atoms with Crippen LogP contribution >= 0.6 is 0 Å². The summed E-state index contributed by atoms with van der Waals surface area (Å²) in [7, 11) is 0. The number of benzene rings is 1. The molecular weight excluding hydrogens is 172 g/mol.